The highest BCUT2D eigenvalue weighted by molar-refractivity contribution is 6.32. The molecule has 4 aliphatic heterocycles. The number of nitrogens with zero attached hydrogens (tertiary/aromatic N) is 6. The molecule has 5 rings (SSSR count). The van der Waals surface area contributed by atoms with Crippen LogP contribution < -0.4 is 0 Å². The molecular weight excluding hydrogens is 548 g/mol. The second kappa shape index (κ2) is 14.4. The molecule has 43 heavy (non-hydrogen) atoms. The van der Waals surface area contributed by atoms with E-state index in [1.165, 1.54) is 6.08 Å². The number of methoxy groups -OCH3 is 1. The first-order chi connectivity index (χ1) is 21.0. The summed E-state index contributed by atoms with van der Waals surface area (Å²) in [4.78, 5) is 40.5. The Hall–Kier alpha value is -3.43. The number of aliphatic imine (C=N–C) groups is 2. The van der Waals surface area contributed by atoms with Crippen LogP contribution in [0.4, 0.5) is 0 Å². The number of ether oxygens (including phenoxy) is 3. The van der Waals surface area contributed by atoms with Crippen molar-refractivity contribution in [2.45, 2.75) is 63.0 Å². The predicted molar refractivity (Wildman–Crippen MR) is 161 cm³/mol. The van der Waals surface area contributed by atoms with Gasteiger partial charge in [-0.15, -0.1) is 0 Å². The Bertz CT molecular complexity index is 1280. The molecule has 4 aliphatic rings. The van der Waals surface area contributed by atoms with E-state index in [0.717, 1.165) is 36.8 Å². The third-order valence-electron chi connectivity index (χ3n) is 9.04. The van der Waals surface area contributed by atoms with Crippen LogP contribution in [-0.4, -0.2) is 104 Å². The van der Waals surface area contributed by atoms with Gasteiger partial charge in [-0.1, -0.05) is 30.8 Å². The number of fused-ring (bicyclic) bond motifs is 1. The minimum atomic E-state index is -0.401. The molecule has 5 atom stereocenters. The van der Waals surface area contributed by atoms with Crippen molar-refractivity contribution >= 4 is 23.9 Å². The number of rotatable bonds is 10. The third kappa shape index (κ3) is 6.88. The van der Waals surface area contributed by atoms with Crippen molar-refractivity contribution in [1.29, 1.82) is 5.26 Å². The highest BCUT2D eigenvalue weighted by Gasteiger charge is 2.42. The van der Waals surface area contributed by atoms with Crippen molar-refractivity contribution in [2.24, 2.45) is 15.9 Å². The van der Waals surface area contributed by atoms with Gasteiger partial charge in [-0.3, -0.25) is 14.5 Å². The van der Waals surface area contributed by atoms with E-state index >= 15 is 0 Å². The van der Waals surface area contributed by atoms with E-state index in [9.17, 15) is 14.9 Å². The molecule has 2 fully saturated rings. The number of carbonyl (C=O) groups excluding carboxylic acids is 2. The van der Waals surface area contributed by atoms with E-state index in [0.29, 0.717) is 57.6 Å². The second-order valence-electron chi connectivity index (χ2n) is 11.5. The van der Waals surface area contributed by atoms with Crippen LogP contribution in [0.5, 0.6) is 0 Å². The van der Waals surface area contributed by atoms with Gasteiger partial charge in [-0.25, -0.2) is 4.99 Å². The molecule has 4 unspecified atom stereocenters. The van der Waals surface area contributed by atoms with Crippen LogP contribution in [0, 0.1) is 23.4 Å². The molecule has 1 amide bonds. The Labute approximate surface area is 253 Å². The zero-order valence-electron chi connectivity index (χ0n) is 25.1. The molecule has 1 aromatic carbocycles. The van der Waals surface area contributed by atoms with Crippen molar-refractivity contribution in [3.63, 3.8) is 0 Å². The van der Waals surface area contributed by atoms with Crippen LogP contribution in [0.3, 0.4) is 0 Å². The molecule has 1 radical (unpaired) electrons. The van der Waals surface area contributed by atoms with Gasteiger partial charge in [0.05, 0.1) is 37.0 Å². The SMILES string of the molecule is C=CC(=O)N1CCN([C]2N=C(OCC3CCCN3C)N=C(C=O)C2CC[C@@H]2OCc3ccccc3C2OC)CC1CC#N. The summed E-state index contributed by atoms with van der Waals surface area (Å²) in [5.41, 5.74) is 2.58. The largest absolute Gasteiger partial charge is 0.462 e. The van der Waals surface area contributed by atoms with Gasteiger partial charge in [-0.2, -0.15) is 10.3 Å². The molecule has 11 nitrogen and oxygen atoms in total. The van der Waals surface area contributed by atoms with Gasteiger partial charge in [-0.05, 0) is 56.5 Å². The molecule has 0 aromatic heterocycles. The summed E-state index contributed by atoms with van der Waals surface area (Å²) >= 11 is 0. The molecule has 11 heteroatoms. The van der Waals surface area contributed by atoms with Crippen LogP contribution in [0.1, 0.15) is 49.3 Å². The van der Waals surface area contributed by atoms with Crippen LogP contribution in [0.2, 0.25) is 0 Å². The molecule has 229 valence electrons. The lowest BCUT2D eigenvalue weighted by molar-refractivity contribution is -0.130. The van der Waals surface area contributed by atoms with Crippen LogP contribution in [-0.2, 0) is 30.4 Å². The molecule has 2 saturated heterocycles. The number of amidine groups is 1. The second-order valence-corrected chi connectivity index (χ2v) is 11.5. The molecule has 1 aromatic rings. The summed E-state index contributed by atoms with van der Waals surface area (Å²) in [5, 5.41) is 9.52. The maximum atomic E-state index is 12.5. The smallest absolute Gasteiger partial charge is 0.314 e. The molecular formula is C32H41N6O5. The van der Waals surface area contributed by atoms with Crippen molar-refractivity contribution in [3.8, 4) is 6.07 Å². The number of nitriles is 1. The summed E-state index contributed by atoms with van der Waals surface area (Å²) < 4.78 is 18.2. The van der Waals surface area contributed by atoms with E-state index in [2.05, 4.69) is 46.6 Å². The van der Waals surface area contributed by atoms with Crippen molar-refractivity contribution < 1.29 is 23.8 Å². The van der Waals surface area contributed by atoms with E-state index in [1.54, 1.807) is 12.0 Å². The van der Waals surface area contributed by atoms with Crippen molar-refractivity contribution in [2.75, 3.05) is 46.9 Å². The Balaban J connectivity index is 1.37. The Kier molecular flexibility index (Phi) is 10.4. The van der Waals surface area contributed by atoms with E-state index in [4.69, 9.17) is 19.2 Å². The number of hydrogen-bond donors (Lipinski definition) is 0. The van der Waals surface area contributed by atoms with Gasteiger partial charge >= 0.3 is 6.02 Å². The monoisotopic (exact) mass is 589 g/mol. The number of likely N-dealkylation sites (tertiary alicyclic amines) is 1. The van der Waals surface area contributed by atoms with Gasteiger partial charge in [0, 0.05) is 38.7 Å². The first kappa shape index (κ1) is 31.0. The van der Waals surface area contributed by atoms with E-state index in [1.807, 2.05) is 12.1 Å². The van der Waals surface area contributed by atoms with Gasteiger partial charge < -0.3 is 24.0 Å². The molecule has 0 N–H and O–H groups in total. The highest BCUT2D eigenvalue weighted by Crippen LogP contribution is 2.38. The first-order valence-electron chi connectivity index (χ1n) is 15.1. The fourth-order valence-electron chi connectivity index (χ4n) is 6.65. The number of benzene rings is 1. The Morgan fingerprint density at radius 2 is 2.05 bits per heavy atom. The standard InChI is InChI=1S/C32H41N6O5/c1-4-29(40)38-17-16-37(18-23(38)13-14-33)31-26(11-12-28-30(41-3)25-10-6-5-8-22(25)20-42-28)27(19-39)34-32(35-31)43-21-24-9-7-15-36(24)2/h4-6,8,10,19,23-24,26,28,30H,1,7,9,11-13,15-18,20-21H2,2-3H3/t23?,24?,26?,28-,30?/m0/s1. The Morgan fingerprint density at radius 1 is 1.21 bits per heavy atom. The zero-order chi connectivity index (χ0) is 30.3. The number of piperazine rings is 1. The number of likely N-dealkylation sites (N-methyl/N-ethyl adjacent to an activating group) is 1. The summed E-state index contributed by atoms with van der Waals surface area (Å²) in [5.74, 6) is -0.601. The summed E-state index contributed by atoms with van der Waals surface area (Å²) in [7, 11) is 3.77. The van der Waals surface area contributed by atoms with Crippen LogP contribution >= 0.6 is 0 Å². The summed E-state index contributed by atoms with van der Waals surface area (Å²) in [6, 6.07) is 10.4. The molecule has 0 spiro atoms. The minimum absolute atomic E-state index is 0.174. The quantitative estimate of drug-likeness (QED) is 0.302. The lowest BCUT2D eigenvalue weighted by Gasteiger charge is -2.44. The number of aldehydes is 1. The van der Waals surface area contributed by atoms with Gasteiger partial charge in [0.1, 0.15) is 12.7 Å². The molecule has 0 saturated carbocycles. The summed E-state index contributed by atoms with van der Waals surface area (Å²) in [6.45, 7) is 6.89. The first-order valence-corrected chi connectivity index (χ1v) is 15.1. The topological polar surface area (TPSA) is 120 Å². The average Bonchev–Trinajstić information content (AvgIpc) is 3.46. The average molecular weight is 590 g/mol. The normalized spacial score (nSPS) is 28.4. The third-order valence-corrected chi connectivity index (χ3v) is 9.04. The maximum absolute atomic E-state index is 12.5. The van der Waals surface area contributed by atoms with E-state index < -0.39 is 5.92 Å². The summed E-state index contributed by atoms with van der Waals surface area (Å²) in [6.07, 6.45) is 5.80. The van der Waals surface area contributed by atoms with Gasteiger partial charge in [0.25, 0.3) is 0 Å². The lowest BCUT2D eigenvalue weighted by atomic mass is 9.87. The van der Waals surface area contributed by atoms with Crippen molar-refractivity contribution in [1.82, 2.24) is 14.7 Å². The minimum Gasteiger partial charge on any atom is -0.462 e. The van der Waals surface area contributed by atoms with Gasteiger partial charge in [0.15, 0.2) is 12.5 Å². The number of amides is 1. The van der Waals surface area contributed by atoms with Gasteiger partial charge in [0.2, 0.25) is 5.91 Å². The predicted octanol–water partition coefficient (Wildman–Crippen LogP) is 2.89. The number of hydrogen-bond acceptors (Lipinski definition) is 10. The maximum Gasteiger partial charge on any atom is 0.314 e. The number of carbonyl (C=O) groups is 2. The van der Waals surface area contributed by atoms with Crippen molar-refractivity contribution in [3.05, 3.63) is 54.2 Å². The fraction of sp³-hybridized carbons (Fsp3) is 0.562. The lowest BCUT2D eigenvalue weighted by Crippen LogP contribution is -2.57. The molecule has 4 heterocycles. The Morgan fingerprint density at radius 3 is 2.77 bits per heavy atom. The molecule has 0 bridgehead atoms. The fourth-order valence-corrected chi connectivity index (χ4v) is 6.65. The van der Waals surface area contributed by atoms with Crippen LogP contribution in [0.15, 0.2) is 46.9 Å². The zero-order valence-corrected chi connectivity index (χ0v) is 25.1. The highest BCUT2D eigenvalue weighted by atomic mass is 16.5. The molecule has 0 aliphatic carbocycles. The van der Waals surface area contributed by atoms with E-state index in [-0.39, 0.29) is 42.6 Å². The van der Waals surface area contributed by atoms with Crippen LogP contribution in [0.25, 0.3) is 0 Å².